The number of hydrogen-bond acceptors (Lipinski definition) is 0. The van der Waals surface area contributed by atoms with Gasteiger partial charge < -0.3 is 0 Å². The standard InChI is InChI=1S/2C4H9.La/c2*1-3-4-2;/h2*1,3-4H2,2H3;. The molecule has 53 valence electrons. The number of rotatable bonds is 6. The Labute approximate surface area is 76.5 Å². The van der Waals surface area contributed by atoms with Crippen molar-refractivity contribution < 1.29 is 31.9 Å². The van der Waals surface area contributed by atoms with Gasteiger partial charge in [-0.05, 0) is 0 Å². The maximum atomic E-state index is 2.30. The Hall–Kier alpha value is 1.19. The van der Waals surface area contributed by atoms with Gasteiger partial charge in [-0.1, -0.05) is 0 Å². The van der Waals surface area contributed by atoms with Crippen LogP contribution in [0.5, 0.6) is 0 Å². The summed E-state index contributed by atoms with van der Waals surface area (Å²) in [6, 6.07) is 0. The molecule has 0 atom stereocenters. The zero-order chi connectivity index (χ0) is 6.95. The van der Waals surface area contributed by atoms with Gasteiger partial charge in [-0.25, -0.2) is 0 Å². The molecule has 0 N–H and O–H groups in total. The third-order valence-corrected chi connectivity index (χ3v) is 6.65. The molecule has 0 fully saturated rings. The Balaban J connectivity index is 2.60. The molecule has 0 aromatic carbocycles. The molecule has 0 unspecified atom stereocenters. The van der Waals surface area contributed by atoms with E-state index in [9.17, 15) is 0 Å². The van der Waals surface area contributed by atoms with Crippen molar-refractivity contribution in [2.45, 2.75) is 45.2 Å². The first kappa shape index (κ1) is 10.2. The molecule has 0 heterocycles. The summed E-state index contributed by atoms with van der Waals surface area (Å²) in [5, 5.41) is 0. The Kier molecular flexibility index (Phi) is 10.4. The van der Waals surface area contributed by atoms with E-state index >= 15 is 0 Å². The van der Waals surface area contributed by atoms with Gasteiger partial charge in [0, 0.05) is 0 Å². The van der Waals surface area contributed by atoms with Crippen LogP contribution in [0.4, 0.5) is 0 Å². The van der Waals surface area contributed by atoms with Crippen LogP contribution < -0.4 is 0 Å². The summed E-state index contributed by atoms with van der Waals surface area (Å²) >= 11 is -0.146. The molecule has 0 aromatic heterocycles. The van der Waals surface area contributed by atoms with Crippen molar-refractivity contribution in [1.82, 2.24) is 0 Å². The summed E-state index contributed by atoms with van der Waals surface area (Å²) in [6.45, 7) is 4.59. The summed E-state index contributed by atoms with van der Waals surface area (Å²) in [7, 11) is 0. The van der Waals surface area contributed by atoms with Gasteiger partial charge in [0.15, 0.2) is 0 Å². The van der Waals surface area contributed by atoms with Crippen LogP contribution in [0.2, 0.25) is 5.65 Å². The topological polar surface area (TPSA) is 0 Å². The predicted molar refractivity (Wildman–Crippen MR) is 39.4 cm³/mol. The van der Waals surface area contributed by atoms with Crippen molar-refractivity contribution in [1.29, 1.82) is 0 Å². The van der Waals surface area contributed by atoms with E-state index in [0.29, 0.717) is 0 Å². The summed E-state index contributed by atoms with van der Waals surface area (Å²) in [6.07, 6.45) is 5.89. The fraction of sp³-hybridized carbons (Fsp3) is 1.00. The molecule has 0 amide bonds. The molecule has 0 radical (unpaired) electrons. The van der Waals surface area contributed by atoms with Crippen LogP contribution in [0.1, 0.15) is 39.5 Å². The first-order valence-electron chi connectivity index (χ1n) is 4.23. The van der Waals surface area contributed by atoms with Gasteiger partial charge in [-0.3, -0.25) is 0 Å². The van der Waals surface area contributed by atoms with E-state index in [1.807, 2.05) is 0 Å². The molecular weight excluding hydrogens is 235 g/mol. The predicted octanol–water partition coefficient (Wildman–Crippen LogP) is 3.51. The van der Waals surface area contributed by atoms with Crippen LogP contribution >= 0.6 is 0 Å². The van der Waals surface area contributed by atoms with Crippen LogP contribution in [-0.4, -0.2) is 0 Å². The molecule has 1 heteroatoms. The van der Waals surface area contributed by atoms with Crippen molar-refractivity contribution in [3.8, 4) is 0 Å². The molecule has 0 spiro atoms. The Morgan fingerprint density at radius 3 is 1.67 bits per heavy atom. The zero-order valence-corrected chi connectivity index (χ0v) is 10.4. The van der Waals surface area contributed by atoms with E-state index in [1.165, 1.54) is 25.7 Å². The van der Waals surface area contributed by atoms with Crippen molar-refractivity contribution in [2.75, 3.05) is 0 Å². The van der Waals surface area contributed by atoms with E-state index in [2.05, 4.69) is 13.8 Å². The minimum atomic E-state index is -0.146. The van der Waals surface area contributed by atoms with E-state index in [-0.39, 0.29) is 31.9 Å². The van der Waals surface area contributed by atoms with Gasteiger partial charge in [0.2, 0.25) is 0 Å². The molecule has 0 bridgehead atoms. The minimum absolute atomic E-state index is 0.146. The Bertz CT molecular complexity index is 37.8. The van der Waals surface area contributed by atoms with Crippen molar-refractivity contribution in [2.24, 2.45) is 0 Å². The third-order valence-electron chi connectivity index (χ3n) is 1.52. The second-order valence-corrected chi connectivity index (χ2v) is 8.01. The second-order valence-electron chi connectivity index (χ2n) is 2.57. The molecule has 0 aromatic rings. The molecule has 0 saturated carbocycles. The Morgan fingerprint density at radius 1 is 0.889 bits per heavy atom. The average molecular weight is 253 g/mol. The SMILES string of the molecule is CCC[CH2][La][CH2]CCC. The number of unbranched alkanes of at least 4 members (excludes halogenated alkanes) is 2. The van der Waals surface area contributed by atoms with Crippen LogP contribution in [0.3, 0.4) is 0 Å². The van der Waals surface area contributed by atoms with Gasteiger partial charge in [0.05, 0.1) is 0 Å². The van der Waals surface area contributed by atoms with Crippen molar-refractivity contribution in [3.63, 3.8) is 0 Å². The fourth-order valence-corrected chi connectivity index (χ4v) is 6.12. The number of hydrogen-bond donors (Lipinski definition) is 0. The maximum absolute atomic E-state index is 2.30. The Morgan fingerprint density at radius 2 is 1.33 bits per heavy atom. The van der Waals surface area contributed by atoms with Crippen LogP contribution in [-0.2, 0) is 0 Å². The first-order chi connectivity index (χ1) is 4.41. The van der Waals surface area contributed by atoms with Gasteiger partial charge in [0.1, 0.15) is 0 Å². The van der Waals surface area contributed by atoms with E-state index in [1.54, 1.807) is 5.65 Å². The summed E-state index contributed by atoms with van der Waals surface area (Å²) in [5.74, 6) is 0. The van der Waals surface area contributed by atoms with Crippen molar-refractivity contribution >= 4 is 0 Å². The van der Waals surface area contributed by atoms with Gasteiger partial charge >= 0.3 is 77.0 Å². The van der Waals surface area contributed by atoms with Crippen molar-refractivity contribution in [3.05, 3.63) is 0 Å². The molecule has 0 nitrogen and oxygen atoms in total. The summed E-state index contributed by atoms with van der Waals surface area (Å²) in [5.41, 5.74) is 0. The monoisotopic (exact) mass is 253 g/mol. The van der Waals surface area contributed by atoms with E-state index in [0.717, 1.165) is 0 Å². The quantitative estimate of drug-likeness (QED) is 0.635. The van der Waals surface area contributed by atoms with Crippen LogP contribution in [0.25, 0.3) is 0 Å². The first-order valence-corrected chi connectivity index (χ1v) is 9.36. The van der Waals surface area contributed by atoms with Gasteiger partial charge in [-0.2, -0.15) is 0 Å². The molecule has 0 rings (SSSR count). The zero-order valence-electron chi connectivity index (χ0n) is 6.82. The van der Waals surface area contributed by atoms with Crippen LogP contribution in [0, 0.1) is 31.9 Å². The van der Waals surface area contributed by atoms with Gasteiger partial charge in [0.25, 0.3) is 0 Å². The molecule has 9 heavy (non-hydrogen) atoms. The van der Waals surface area contributed by atoms with E-state index < -0.39 is 0 Å². The van der Waals surface area contributed by atoms with Crippen LogP contribution in [0.15, 0.2) is 0 Å². The normalized spacial score (nSPS) is 9.11. The second kappa shape index (κ2) is 9.19. The molecule has 0 aliphatic carbocycles. The molecule has 0 aliphatic rings. The average Bonchev–Trinajstić information content (AvgIpc) is 1.89. The molecule has 0 saturated heterocycles. The fourth-order valence-electron chi connectivity index (χ4n) is 0.841. The third kappa shape index (κ3) is 9.19. The summed E-state index contributed by atoms with van der Waals surface area (Å²) in [4.78, 5) is 0. The molecular formula is C8H18La. The summed E-state index contributed by atoms with van der Waals surface area (Å²) < 4.78 is 3.33. The van der Waals surface area contributed by atoms with Gasteiger partial charge in [-0.15, -0.1) is 0 Å². The van der Waals surface area contributed by atoms with E-state index in [4.69, 9.17) is 0 Å². The molecule has 0 aliphatic heterocycles.